The summed E-state index contributed by atoms with van der Waals surface area (Å²) in [6.07, 6.45) is 3.60. The maximum Gasteiger partial charge on any atom is 0.340 e. The van der Waals surface area contributed by atoms with Gasteiger partial charge in [0.25, 0.3) is 5.91 Å². The number of nitrogens with zero attached hydrogens (tertiary/aromatic N) is 1. The highest BCUT2D eigenvalue weighted by molar-refractivity contribution is 6.16. The first-order valence-electron chi connectivity index (χ1n) is 10.8. The van der Waals surface area contributed by atoms with Crippen molar-refractivity contribution in [3.05, 3.63) is 82.6 Å². The lowest BCUT2D eigenvalue weighted by Crippen LogP contribution is -2.33. The van der Waals surface area contributed by atoms with Gasteiger partial charge in [0.2, 0.25) is 0 Å². The number of allylic oxidation sites excluding steroid dienone is 1. The van der Waals surface area contributed by atoms with Crippen molar-refractivity contribution < 1.29 is 23.8 Å². The Labute approximate surface area is 188 Å². The summed E-state index contributed by atoms with van der Waals surface area (Å²) in [6.45, 7) is 3.36. The van der Waals surface area contributed by atoms with Crippen molar-refractivity contribution in [2.75, 3.05) is 20.3 Å². The van der Waals surface area contributed by atoms with E-state index in [0.29, 0.717) is 42.4 Å². The summed E-state index contributed by atoms with van der Waals surface area (Å²) in [5.74, 6) is -0.0485. The predicted octanol–water partition coefficient (Wildman–Crippen LogP) is 4.12. The molecule has 2 aliphatic heterocycles. The van der Waals surface area contributed by atoms with E-state index >= 15 is 0 Å². The fraction of sp³-hybridized carbons (Fsp3) is 0.308. The van der Waals surface area contributed by atoms with Crippen LogP contribution >= 0.6 is 0 Å². The Balaban J connectivity index is 1.58. The number of ether oxygens (including phenoxy) is 3. The lowest BCUT2D eigenvalue weighted by Gasteiger charge is -2.21. The molecule has 2 aliphatic rings. The van der Waals surface area contributed by atoms with Crippen molar-refractivity contribution in [1.82, 2.24) is 4.90 Å². The topological polar surface area (TPSA) is 65.1 Å². The molecule has 0 saturated carbocycles. The fourth-order valence-electron chi connectivity index (χ4n) is 4.04. The number of carbonyl (C=O) groups is 2. The number of amides is 1. The highest BCUT2D eigenvalue weighted by atomic mass is 16.5. The molecule has 1 amide bonds. The molecule has 166 valence electrons. The van der Waals surface area contributed by atoms with Gasteiger partial charge in [-0.15, -0.1) is 0 Å². The fourth-order valence-corrected chi connectivity index (χ4v) is 4.04. The van der Waals surface area contributed by atoms with Crippen LogP contribution < -0.4 is 4.74 Å². The normalized spacial score (nSPS) is 19.7. The molecule has 1 atom stereocenters. The number of esters is 1. The maximum absolute atomic E-state index is 13.3. The van der Waals surface area contributed by atoms with Crippen LogP contribution in [0.25, 0.3) is 6.08 Å². The number of hydrogen-bond donors (Lipinski definition) is 0. The molecule has 0 radical (unpaired) electrons. The summed E-state index contributed by atoms with van der Waals surface area (Å²) >= 11 is 0. The van der Waals surface area contributed by atoms with Crippen LogP contribution in [-0.4, -0.2) is 43.1 Å². The van der Waals surface area contributed by atoms with Crippen molar-refractivity contribution in [2.45, 2.75) is 32.5 Å². The van der Waals surface area contributed by atoms with E-state index in [-0.39, 0.29) is 12.0 Å². The van der Waals surface area contributed by atoms with Gasteiger partial charge in [-0.3, -0.25) is 4.79 Å². The molecule has 1 fully saturated rings. The number of benzene rings is 2. The molecule has 32 heavy (non-hydrogen) atoms. The second-order valence-corrected chi connectivity index (χ2v) is 7.91. The van der Waals surface area contributed by atoms with Gasteiger partial charge in [-0.1, -0.05) is 42.5 Å². The largest absolute Gasteiger partial charge is 0.489 e. The van der Waals surface area contributed by atoms with Gasteiger partial charge in [0.05, 0.1) is 30.9 Å². The molecule has 0 N–H and O–H groups in total. The quantitative estimate of drug-likeness (QED) is 0.486. The van der Waals surface area contributed by atoms with Gasteiger partial charge in [-0.25, -0.2) is 4.79 Å². The average Bonchev–Trinajstić information content (AvgIpc) is 3.41. The third kappa shape index (κ3) is 4.75. The predicted molar refractivity (Wildman–Crippen MR) is 121 cm³/mol. The van der Waals surface area contributed by atoms with E-state index < -0.39 is 5.97 Å². The second-order valence-electron chi connectivity index (χ2n) is 7.91. The van der Waals surface area contributed by atoms with Gasteiger partial charge in [-0.05, 0) is 49.1 Å². The molecule has 2 aromatic rings. The lowest BCUT2D eigenvalue weighted by atomic mass is 10.0. The Hall–Kier alpha value is -3.38. The Morgan fingerprint density at radius 3 is 2.72 bits per heavy atom. The average molecular weight is 434 g/mol. The Morgan fingerprint density at radius 1 is 1.19 bits per heavy atom. The van der Waals surface area contributed by atoms with E-state index in [0.717, 1.165) is 24.0 Å². The Bertz CT molecular complexity index is 1050. The minimum Gasteiger partial charge on any atom is -0.489 e. The zero-order chi connectivity index (χ0) is 22.5. The van der Waals surface area contributed by atoms with Crippen LogP contribution in [0.4, 0.5) is 0 Å². The summed E-state index contributed by atoms with van der Waals surface area (Å²) in [6, 6.07) is 17.4. The van der Waals surface area contributed by atoms with Gasteiger partial charge < -0.3 is 19.1 Å². The van der Waals surface area contributed by atoms with Gasteiger partial charge in [0.1, 0.15) is 12.4 Å². The van der Waals surface area contributed by atoms with Crippen LogP contribution in [0.2, 0.25) is 0 Å². The third-order valence-electron chi connectivity index (χ3n) is 5.73. The SMILES string of the molecule is COC(=O)C1=C(C)N(CC2CCCO2)C(=O)/C1=C\c1cccc(OCc2ccccc2)c1. The monoisotopic (exact) mass is 433 g/mol. The molecule has 0 bridgehead atoms. The molecule has 0 aliphatic carbocycles. The molecule has 6 nitrogen and oxygen atoms in total. The highest BCUT2D eigenvalue weighted by Gasteiger charge is 2.38. The summed E-state index contributed by atoms with van der Waals surface area (Å²) in [5, 5.41) is 0. The van der Waals surface area contributed by atoms with E-state index in [9.17, 15) is 9.59 Å². The minimum atomic E-state index is -0.520. The third-order valence-corrected chi connectivity index (χ3v) is 5.73. The molecule has 2 heterocycles. The summed E-state index contributed by atoms with van der Waals surface area (Å²) in [7, 11) is 1.32. The molecular formula is C26H27NO5. The molecule has 0 spiro atoms. The summed E-state index contributed by atoms with van der Waals surface area (Å²) in [4.78, 5) is 27.4. The van der Waals surface area contributed by atoms with E-state index in [1.807, 2.05) is 54.6 Å². The first kappa shape index (κ1) is 21.8. The van der Waals surface area contributed by atoms with Gasteiger partial charge in [0.15, 0.2) is 0 Å². The number of hydrogen-bond acceptors (Lipinski definition) is 5. The van der Waals surface area contributed by atoms with Crippen molar-refractivity contribution in [3.8, 4) is 5.75 Å². The zero-order valence-electron chi connectivity index (χ0n) is 18.4. The van der Waals surface area contributed by atoms with Crippen molar-refractivity contribution in [3.63, 3.8) is 0 Å². The van der Waals surface area contributed by atoms with Crippen molar-refractivity contribution in [2.24, 2.45) is 0 Å². The second kappa shape index (κ2) is 9.83. The Morgan fingerprint density at radius 2 is 2.00 bits per heavy atom. The van der Waals surface area contributed by atoms with E-state index in [2.05, 4.69) is 0 Å². The van der Waals surface area contributed by atoms with E-state index in [4.69, 9.17) is 14.2 Å². The lowest BCUT2D eigenvalue weighted by molar-refractivity contribution is -0.136. The zero-order valence-corrected chi connectivity index (χ0v) is 18.4. The van der Waals surface area contributed by atoms with E-state index in [1.54, 1.807) is 17.9 Å². The van der Waals surface area contributed by atoms with Gasteiger partial charge in [0, 0.05) is 12.3 Å². The first-order valence-corrected chi connectivity index (χ1v) is 10.8. The van der Waals surface area contributed by atoms with Gasteiger partial charge in [-0.2, -0.15) is 0 Å². The van der Waals surface area contributed by atoms with Crippen LogP contribution in [-0.2, 0) is 25.7 Å². The molecular weight excluding hydrogens is 406 g/mol. The molecule has 1 unspecified atom stereocenters. The Kier molecular flexibility index (Phi) is 6.71. The smallest absolute Gasteiger partial charge is 0.340 e. The number of rotatable bonds is 7. The maximum atomic E-state index is 13.3. The minimum absolute atomic E-state index is 0.0122. The first-order chi connectivity index (χ1) is 15.6. The highest BCUT2D eigenvalue weighted by Crippen LogP contribution is 2.33. The summed E-state index contributed by atoms with van der Waals surface area (Å²) < 4.78 is 16.6. The molecule has 2 aromatic carbocycles. The molecule has 0 aromatic heterocycles. The summed E-state index contributed by atoms with van der Waals surface area (Å²) in [5.41, 5.74) is 3.06. The van der Waals surface area contributed by atoms with E-state index in [1.165, 1.54) is 7.11 Å². The molecule has 1 saturated heterocycles. The van der Waals surface area contributed by atoms with Crippen molar-refractivity contribution in [1.29, 1.82) is 0 Å². The standard InChI is InChI=1S/C26H27NO5/c1-18-24(26(29)30-2)23(25(28)27(18)16-22-12-7-13-31-22)15-20-10-6-11-21(14-20)32-17-19-8-4-3-5-9-19/h3-6,8-11,14-15,22H,7,12-13,16-17H2,1-2H3/b23-15-. The van der Waals surface area contributed by atoms with Crippen LogP contribution in [0.15, 0.2) is 71.4 Å². The number of carbonyl (C=O) groups excluding carboxylic acids is 2. The van der Waals surface area contributed by atoms with Gasteiger partial charge >= 0.3 is 5.97 Å². The molecule has 6 heteroatoms. The van der Waals surface area contributed by atoms with Crippen LogP contribution in [0.3, 0.4) is 0 Å². The van der Waals surface area contributed by atoms with Crippen molar-refractivity contribution >= 4 is 18.0 Å². The number of methoxy groups -OCH3 is 1. The van der Waals surface area contributed by atoms with Crippen LogP contribution in [0, 0.1) is 0 Å². The van der Waals surface area contributed by atoms with Crippen LogP contribution in [0.5, 0.6) is 5.75 Å². The molecule has 4 rings (SSSR count). The van der Waals surface area contributed by atoms with Crippen LogP contribution in [0.1, 0.15) is 30.9 Å².